The number of rotatable bonds is 5. The van der Waals surface area contributed by atoms with Crippen LogP contribution in [0.2, 0.25) is 0 Å². The first kappa shape index (κ1) is 21.9. The van der Waals surface area contributed by atoms with Crippen LogP contribution in [0.3, 0.4) is 0 Å². The van der Waals surface area contributed by atoms with E-state index in [1.54, 1.807) is 29.2 Å². The van der Waals surface area contributed by atoms with Gasteiger partial charge in [-0.05, 0) is 49.2 Å². The number of benzene rings is 2. The number of urea groups is 1. The summed E-state index contributed by atoms with van der Waals surface area (Å²) >= 11 is 0. The first-order valence-corrected chi connectivity index (χ1v) is 11.5. The van der Waals surface area contributed by atoms with Crippen LogP contribution >= 0.6 is 0 Å². The summed E-state index contributed by atoms with van der Waals surface area (Å²) in [6.45, 7) is 2.56. The van der Waals surface area contributed by atoms with Gasteiger partial charge >= 0.3 is 12.0 Å². The number of carbonyl (C=O) groups is 2. The molecule has 1 aliphatic carbocycles. The average molecular weight is 462 g/mol. The molecule has 2 aliphatic rings. The maximum absolute atomic E-state index is 12.8. The van der Waals surface area contributed by atoms with Crippen molar-refractivity contribution in [3.05, 3.63) is 60.0 Å². The molecular formula is C25H27N5O4. The maximum atomic E-state index is 12.8. The lowest BCUT2D eigenvalue weighted by Crippen LogP contribution is -2.50. The number of nitrogens with zero attached hydrogens (tertiary/aromatic N) is 4. The molecule has 5 rings (SSSR count). The molecule has 0 unspecified atom stereocenters. The number of para-hydroxylation sites is 1. The van der Waals surface area contributed by atoms with Crippen LogP contribution in [-0.4, -0.2) is 60.3 Å². The number of esters is 1. The molecule has 0 atom stereocenters. The van der Waals surface area contributed by atoms with Crippen LogP contribution in [0.15, 0.2) is 53.1 Å². The zero-order valence-corrected chi connectivity index (χ0v) is 19.1. The zero-order valence-electron chi connectivity index (χ0n) is 19.1. The quantitative estimate of drug-likeness (QED) is 0.570. The Hall–Kier alpha value is -3.88. The summed E-state index contributed by atoms with van der Waals surface area (Å²) in [4.78, 5) is 33.3. The fourth-order valence-electron chi connectivity index (χ4n) is 4.24. The molecule has 9 heteroatoms. The van der Waals surface area contributed by atoms with E-state index in [2.05, 4.69) is 32.5 Å². The Labute approximate surface area is 197 Å². The van der Waals surface area contributed by atoms with Crippen LogP contribution in [0.1, 0.15) is 41.4 Å². The molecule has 0 radical (unpaired) electrons. The smallest absolute Gasteiger partial charge is 0.339 e. The molecule has 0 bridgehead atoms. The van der Waals surface area contributed by atoms with E-state index in [-0.39, 0.29) is 6.03 Å². The number of hydrogen-bond acceptors (Lipinski definition) is 7. The largest absolute Gasteiger partial charge is 0.465 e. The maximum Gasteiger partial charge on any atom is 0.339 e. The fraction of sp³-hybridized carbons (Fsp3) is 0.360. The van der Waals surface area contributed by atoms with E-state index in [1.165, 1.54) is 13.5 Å². The first-order valence-electron chi connectivity index (χ1n) is 11.5. The van der Waals surface area contributed by atoms with Crippen LogP contribution in [0.25, 0.3) is 11.4 Å². The Kier molecular flexibility index (Phi) is 6.16. The number of ether oxygens (including phenoxy) is 1. The van der Waals surface area contributed by atoms with Gasteiger partial charge in [-0.3, -0.25) is 0 Å². The molecule has 1 aliphatic heterocycles. The zero-order chi connectivity index (χ0) is 23.5. The normalized spacial score (nSPS) is 16.1. The van der Waals surface area contributed by atoms with Crippen molar-refractivity contribution in [2.75, 3.05) is 43.5 Å². The van der Waals surface area contributed by atoms with E-state index < -0.39 is 5.97 Å². The Morgan fingerprint density at radius 3 is 2.44 bits per heavy atom. The molecule has 3 aromatic rings. The molecular weight excluding hydrogens is 434 g/mol. The highest BCUT2D eigenvalue weighted by atomic mass is 16.5. The molecule has 1 saturated carbocycles. The number of nitrogens with one attached hydrogen (secondary N) is 1. The van der Waals surface area contributed by atoms with Gasteiger partial charge < -0.3 is 24.4 Å². The molecule has 1 N–H and O–H groups in total. The minimum absolute atomic E-state index is 0.231. The summed E-state index contributed by atoms with van der Waals surface area (Å²) in [6, 6.07) is 14.7. The number of anilines is 2. The highest BCUT2D eigenvalue weighted by Crippen LogP contribution is 2.36. The molecule has 1 aromatic heterocycles. The van der Waals surface area contributed by atoms with E-state index in [4.69, 9.17) is 9.26 Å². The van der Waals surface area contributed by atoms with Crippen LogP contribution in [-0.2, 0) is 4.74 Å². The second-order valence-electron chi connectivity index (χ2n) is 8.57. The van der Waals surface area contributed by atoms with Gasteiger partial charge in [-0.25, -0.2) is 9.59 Å². The standard InChI is InChI=1S/C25H27N5O4/c1-33-24(31)20-7-2-3-8-21(20)26-25(32)30-15-13-29(14-16-30)19-11-9-17(10-12-19)22-27-23(34-28-22)18-5-4-6-18/h2-3,7-12,18H,4-6,13-16H2,1H3,(H,26,32). The van der Waals surface area contributed by atoms with Crippen molar-refractivity contribution < 1.29 is 18.8 Å². The lowest BCUT2D eigenvalue weighted by Gasteiger charge is -2.36. The molecule has 2 aromatic carbocycles. The van der Waals surface area contributed by atoms with Crippen LogP contribution in [0.5, 0.6) is 0 Å². The second kappa shape index (κ2) is 9.54. The third-order valence-corrected chi connectivity index (χ3v) is 6.53. The van der Waals surface area contributed by atoms with Gasteiger partial charge in [-0.2, -0.15) is 4.98 Å². The molecule has 2 amide bonds. The lowest BCUT2D eigenvalue weighted by molar-refractivity contribution is 0.0602. The Bertz CT molecular complexity index is 1160. The van der Waals surface area contributed by atoms with E-state index in [9.17, 15) is 9.59 Å². The molecule has 2 heterocycles. The van der Waals surface area contributed by atoms with Crippen molar-refractivity contribution in [3.8, 4) is 11.4 Å². The monoisotopic (exact) mass is 461 g/mol. The van der Waals surface area contributed by atoms with Crippen molar-refractivity contribution >= 4 is 23.4 Å². The molecule has 2 fully saturated rings. The first-order chi connectivity index (χ1) is 16.6. The highest BCUT2D eigenvalue weighted by molar-refractivity contribution is 6.00. The minimum atomic E-state index is -0.482. The number of hydrogen-bond donors (Lipinski definition) is 1. The van der Waals surface area contributed by atoms with Gasteiger partial charge in [0.2, 0.25) is 11.7 Å². The number of piperazine rings is 1. The molecule has 1 saturated heterocycles. The van der Waals surface area contributed by atoms with Gasteiger partial charge in [0, 0.05) is 43.3 Å². The van der Waals surface area contributed by atoms with Gasteiger partial charge in [0.15, 0.2) is 0 Å². The van der Waals surface area contributed by atoms with Gasteiger partial charge in [-0.15, -0.1) is 0 Å². The highest BCUT2D eigenvalue weighted by Gasteiger charge is 2.26. The third kappa shape index (κ3) is 4.46. The molecule has 0 spiro atoms. The third-order valence-electron chi connectivity index (χ3n) is 6.53. The number of carbonyl (C=O) groups excluding carboxylic acids is 2. The van der Waals surface area contributed by atoms with Crippen molar-refractivity contribution in [1.29, 1.82) is 0 Å². The molecule has 176 valence electrons. The Balaban J connectivity index is 1.17. The van der Waals surface area contributed by atoms with Crippen LogP contribution in [0.4, 0.5) is 16.2 Å². The summed E-state index contributed by atoms with van der Waals surface area (Å²) in [5.74, 6) is 1.31. The molecule has 9 nitrogen and oxygen atoms in total. The number of methoxy groups -OCH3 is 1. The lowest BCUT2D eigenvalue weighted by atomic mass is 9.85. The Morgan fingerprint density at radius 2 is 1.76 bits per heavy atom. The van der Waals surface area contributed by atoms with Crippen molar-refractivity contribution in [1.82, 2.24) is 15.0 Å². The van der Waals surface area contributed by atoms with E-state index >= 15 is 0 Å². The summed E-state index contributed by atoms with van der Waals surface area (Å²) < 4.78 is 10.2. The van der Waals surface area contributed by atoms with Gasteiger partial charge in [0.1, 0.15) is 0 Å². The fourth-order valence-corrected chi connectivity index (χ4v) is 4.24. The number of amides is 2. The van der Waals surface area contributed by atoms with E-state index in [1.807, 2.05) is 12.1 Å². The van der Waals surface area contributed by atoms with E-state index in [0.717, 1.165) is 30.0 Å². The summed E-state index contributed by atoms with van der Waals surface area (Å²) in [5.41, 5.74) is 2.79. The van der Waals surface area contributed by atoms with Crippen molar-refractivity contribution in [2.45, 2.75) is 25.2 Å². The SMILES string of the molecule is COC(=O)c1ccccc1NC(=O)N1CCN(c2ccc(-c3noc(C4CCC4)n3)cc2)CC1. The van der Waals surface area contributed by atoms with Crippen LogP contribution < -0.4 is 10.2 Å². The topological polar surface area (TPSA) is 101 Å². The predicted molar refractivity (Wildman–Crippen MR) is 127 cm³/mol. The average Bonchev–Trinajstić information content (AvgIpc) is 3.32. The second-order valence-corrected chi connectivity index (χ2v) is 8.57. The molecule has 34 heavy (non-hydrogen) atoms. The van der Waals surface area contributed by atoms with E-state index in [0.29, 0.717) is 49.2 Å². The minimum Gasteiger partial charge on any atom is -0.465 e. The van der Waals surface area contributed by atoms with Crippen molar-refractivity contribution in [3.63, 3.8) is 0 Å². The van der Waals surface area contributed by atoms with Crippen LogP contribution in [0, 0.1) is 0 Å². The summed E-state index contributed by atoms with van der Waals surface area (Å²) in [6.07, 6.45) is 3.48. The number of aromatic nitrogens is 2. The Morgan fingerprint density at radius 1 is 1.03 bits per heavy atom. The summed E-state index contributed by atoms with van der Waals surface area (Å²) in [5, 5.41) is 6.98. The van der Waals surface area contributed by atoms with Gasteiger partial charge in [0.05, 0.1) is 18.4 Å². The van der Waals surface area contributed by atoms with Crippen molar-refractivity contribution in [2.24, 2.45) is 0 Å². The van der Waals surface area contributed by atoms with Gasteiger partial charge in [0.25, 0.3) is 0 Å². The summed E-state index contributed by atoms with van der Waals surface area (Å²) in [7, 11) is 1.32. The van der Waals surface area contributed by atoms with Gasteiger partial charge in [-0.1, -0.05) is 23.7 Å². The predicted octanol–water partition coefficient (Wildman–Crippen LogP) is 4.14.